The quantitative estimate of drug-likeness (QED) is 0.503. The van der Waals surface area contributed by atoms with Gasteiger partial charge in [-0.15, -0.1) is 0 Å². The number of nitrogen functional groups attached to an aromatic ring is 1. The number of nitrogens with two attached hydrogens (primary N) is 1. The summed E-state index contributed by atoms with van der Waals surface area (Å²) in [6, 6.07) is 23.4. The average molecular weight is 301 g/mol. The highest BCUT2D eigenvalue weighted by atomic mass is 16.1. The van der Waals surface area contributed by atoms with E-state index in [-0.39, 0.29) is 11.6 Å². The molecule has 112 valence electrons. The van der Waals surface area contributed by atoms with Crippen molar-refractivity contribution < 1.29 is 9.59 Å². The Morgan fingerprint density at radius 3 is 1.04 bits per heavy atom. The number of carbonyl (C=O) groups is 2. The minimum atomic E-state index is -0.0641. The van der Waals surface area contributed by atoms with E-state index in [4.69, 9.17) is 5.73 Å². The largest absolute Gasteiger partial charge is 0.399 e. The Hall–Kier alpha value is -3.20. The number of ketones is 2. The van der Waals surface area contributed by atoms with Gasteiger partial charge in [0.1, 0.15) is 0 Å². The molecule has 3 aromatic rings. The summed E-state index contributed by atoms with van der Waals surface area (Å²) in [5.74, 6) is -0.128. The SMILES string of the molecule is Nc1ccccc1.O=C1c2ccccc2C(=O)c2ccccc21. The molecule has 0 atom stereocenters. The van der Waals surface area contributed by atoms with E-state index in [0.717, 1.165) is 5.69 Å². The molecule has 0 unspecified atom stereocenters. The van der Waals surface area contributed by atoms with Crippen LogP contribution in [0.15, 0.2) is 78.9 Å². The standard InChI is InChI=1S/C14H8O2.C6H7N/c15-13-9-5-1-2-6-10(9)14(16)12-8-4-3-7-11(12)13;7-6-4-2-1-3-5-6/h1-8H;1-5H,7H2. The minimum absolute atomic E-state index is 0.0641. The second kappa shape index (κ2) is 6.28. The smallest absolute Gasteiger partial charge is 0.194 e. The summed E-state index contributed by atoms with van der Waals surface area (Å²) in [7, 11) is 0. The molecular weight excluding hydrogens is 286 g/mol. The highest BCUT2D eigenvalue weighted by Crippen LogP contribution is 2.26. The first-order valence-corrected chi connectivity index (χ1v) is 7.26. The van der Waals surface area contributed by atoms with Gasteiger partial charge in [0.25, 0.3) is 0 Å². The predicted molar refractivity (Wildman–Crippen MR) is 90.6 cm³/mol. The summed E-state index contributed by atoms with van der Waals surface area (Å²) in [6.07, 6.45) is 0. The molecule has 0 aliphatic heterocycles. The second-order valence-electron chi connectivity index (χ2n) is 5.16. The predicted octanol–water partition coefficient (Wildman–Crippen LogP) is 3.73. The molecule has 3 heteroatoms. The van der Waals surface area contributed by atoms with Crippen LogP contribution in [0.5, 0.6) is 0 Å². The number of hydrogen-bond acceptors (Lipinski definition) is 3. The molecule has 2 N–H and O–H groups in total. The summed E-state index contributed by atoms with van der Waals surface area (Å²) in [4.78, 5) is 24.2. The lowest BCUT2D eigenvalue weighted by atomic mass is 9.84. The Kier molecular flexibility index (Phi) is 4.02. The van der Waals surface area contributed by atoms with Crippen LogP contribution in [0.3, 0.4) is 0 Å². The van der Waals surface area contributed by atoms with Crippen LogP contribution in [-0.2, 0) is 0 Å². The molecule has 0 radical (unpaired) electrons. The summed E-state index contributed by atoms with van der Waals surface area (Å²) in [5, 5.41) is 0. The molecule has 0 fully saturated rings. The highest BCUT2D eigenvalue weighted by molar-refractivity contribution is 6.28. The number of para-hydroxylation sites is 1. The molecule has 0 amide bonds. The zero-order valence-electron chi connectivity index (χ0n) is 12.4. The van der Waals surface area contributed by atoms with E-state index in [2.05, 4.69) is 0 Å². The van der Waals surface area contributed by atoms with E-state index < -0.39 is 0 Å². The first-order chi connectivity index (χ1) is 11.2. The molecule has 3 nitrogen and oxygen atoms in total. The zero-order valence-corrected chi connectivity index (χ0v) is 12.4. The second-order valence-corrected chi connectivity index (χ2v) is 5.16. The molecule has 0 heterocycles. The lowest BCUT2D eigenvalue weighted by Gasteiger charge is -2.16. The van der Waals surface area contributed by atoms with Crippen molar-refractivity contribution in [1.82, 2.24) is 0 Å². The first-order valence-electron chi connectivity index (χ1n) is 7.26. The van der Waals surface area contributed by atoms with E-state index in [0.29, 0.717) is 22.3 Å². The van der Waals surface area contributed by atoms with Crippen molar-refractivity contribution in [1.29, 1.82) is 0 Å². The average Bonchev–Trinajstić information content (AvgIpc) is 2.61. The maximum atomic E-state index is 12.1. The molecule has 3 aromatic carbocycles. The van der Waals surface area contributed by atoms with Crippen molar-refractivity contribution in [3.05, 3.63) is 101 Å². The van der Waals surface area contributed by atoms with Gasteiger partial charge < -0.3 is 5.73 Å². The normalized spacial score (nSPS) is 11.8. The Morgan fingerprint density at radius 1 is 0.478 bits per heavy atom. The van der Waals surface area contributed by atoms with Gasteiger partial charge in [0.05, 0.1) is 0 Å². The van der Waals surface area contributed by atoms with Gasteiger partial charge in [-0.2, -0.15) is 0 Å². The van der Waals surface area contributed by atoms with E-state index in [1.807, 2.05) is 30.3 Å². The van der Waals surface area contributed by atoms with Crippen LogP contribution in [0.4, 0.5) is 5.69 Å². The van der Waals surface area contributed by atoms with Crippen LogP contribution in [0.25, 0.3) is 0 Å². The van der Waals surface area contributed by atoms with Crippen LogP contribution in [0, 0.1) is 0 Å². The summed E-state index contributed by atoms with van der Waals surface area (Å²) in [5.41, 5.74) is 8.20. The summed E-state index contributed by atoms with van der Waals surface area (Å²) < 4.78 is 0. The van der Waals surface area contributed by atoms with E-state index in [9.17, 15) is 9.59 Å². The van der Waals surface area contributed by atoms with Crippen LogP contribution >= 0.6 is 0 Å². The molecule has 0 spiro atoms. The fourth-order valence-electron chi connectivity index (χ4n) is 2.50. The van der Waals surface area contributed by atoms with Crippen molar-refractivity contribution in [2.75, 3.05) is 5.73 Å². The number of anilines is 1. The molecule has 0 aromatic heterocycles. The van der Waals surface area contributed by atoms with Crippen molar-refractivity contribution in [2.45, 2.75) is 0 Å². The Morgan fingerprint density at radius 2 is 0.783 bits per heavy atom. The fraction of sp³-hybridized carbons (Fsp3) is 0. The van der Waals surface area contributed by atoms with Crippen LogP contribution in [0.2, 0.25) is 0 Å². The van der Waals surface area contributed by atoms with Crippen molar-refractivity contribution >= 4 is 17.3 Å². The van der Waals surface area contributed by atoms with Gasteiger partial charge in [0.15, 0.2) is 11.6 Å². The number of carbonyl (C=O) groups excluding carboxylic acids is 2. The monoisotopic (exact) mass is 301 g/mol. The summed E-state index contributed by atoms with van der Waals surface area (Å²) in [6.45, 7) is 0. The van der Waals surface area contributed by atoms with Crippen LogP contribution in [0.1, 0.15) is 31.8 Å². The van der Waals surface area contributed by atoms with Gasteiger partial charge in [0.2, 0.25) is 0 Å². The Labute approximate surface area is 134 Å². The minimum Gasteiger partial charge on any atom is -0.399 e. The lowest BCUT2D eigenvalue weighted by molar-refractivity contribution is 0.0979. The number of fused-ring (bicyclic) bond motifs is 2. The Bertz CT molecular complexity index is 764. The van der Waals surface area contributed by atoms with Crippen molar-refractivity contribution in [3.8, 4) is 0 Å². The molecule has 1 aliphatic carbocycles. The van der Waals surface area contributed by atoms with Gasteiger partial charge in [-0.3, -0.25) is 9.59 Å². The van der Waals surface area contributed by atoms with Crippen molar-refractivity contribution in [3.63, 3.8) is 0 Å². The fourth-order valence-corrected chi connectivity index (χ4v) is 2.50. The van der Waals surface area contributed by atoms with E-state index in [1.54, 1.807) is 48.5 Å². The molecule has 23 heavy (non-hydrogen) atoms. The maximum Gasteiger partial charge on any atom is 0.194 e. The zero-order chi connectivity index (χ0) is 16.2. The first kappa shape index (κ1) is 14.7. The Balaban J connectivity index is 0.000000188. The number of rotatable bonds is 0. The molecule has 0 bridgehead atoms. The van der Waals surface area contributed by atoms with E-state index in [1.165, 1.54) is 0 Å². The summed E-state index contributed by atoms with van der Waals surface area (Å²) >= 11 is 0. The third-order valence-electron chi connectivity index (χ3n) is 3.63. The van der Waals surface area contributed by atoms with Crippen LogP contribution < -0.4 is 5.73 Å². The molecule has 0 saturated carbocycles. The maximum absolute atomic E-state index is 12.1. The highest BCUT2D eigenvalue weighted by Gasteiger charge is 2.28. The van der Waals surface area contributed by atoms with Gasteiger partial charge in [0, 0.05) is 27.9 Å². The lowest BCUT2D eigenvalue weighted by Crippen LogP contribution is -2.20. The van der Waals surface area contributed by atoms with Gasteiger partial charge in [-0.25, -0.2) is 0 Å². The number of benzene rings is 3. The third kappa shape index (κ3) is 2.90. The molecule has 0 saturated heterocycles. The van der Waals surface area contributed by atoms with Gasteiger partial charge >= 0.3 is 0 Å². The van der Waals surface area contributed by atoms with Crippen molar-refractivity contribution in [2.24, 2.45) is 0 Å². The molecule has 4 rings (SSSR count). The van der Waals surface area contributed by atoms with Gasteiger partial charge in [-0.05, 0) is 12.1 Å². The number of hydrogen-bond donors (Lipinski definition) is 1. The van der Waals surface area contributed by atoms with Crippen LogP contribution in [-0.4, -0.2) is 11.6 Å². The van der Waals surface area contributed by atoms with Gasteiger partial charge in [-0.1, -0.05) is 66.7 Å². The topological polar surface area (TPSA) is 60.2 Å². The third-order valence-corrected chi connectivity index (χ3v) is 3.63. The molecule has 1 aliphatic rings. The van der Waals surface area contributed by atoms with E-state index >= 15 is 0 Å². The molecular formula is C20H15NO2.